The number of nitrogens with one attached hydrogen (secondary N) is 1. The van der Waals surface area contributed by atoms with Crippen molar-refractivity contribution in [2.24, 2.45) is 5.73 Å². The van der Waals surface area contributed by atoms with Crippen LogP contribution in [0.5, 0.6) is 5.75 Å². The van der Waals surface area contributed by atoms with E-state index in [0.29, 0.717) is 12.0 Å². The van der Waals surface area contributed by atoms with Gasteiger partial charge in [0.05, 0.1) is 19.2 Å². The molecule has 5 heteroatoms. The third kappa shape index (κ3) is 4.53. The zero-order chi connectivity index (χ0) is 16.8. The number of methoxy groups -OCH3 is 1. The molecule has 122 valence electrons. The Hall–Kier alpha value is -2.40. The second-order valence-electron chi connectivity index (χ2n) is 5.42. The van der Waals surface area contributed by atoms with Crippen molar-refractivity contribution < 1.29 is 13.9 Å². The molecule has 0 radical (unpaired) electrons. The molecule has 0 heterocycles. The summed E-state index contributed by atoms with van der Waals surface area (Å²) in [5.41, 5.74) is 7.60. The van der Waals surface area contributed by atoms with Crippen molar-refractivity contribution >= 4 is 5.91 Å². The normalized spacial score (nSPS) is 13.2. The fourth-order valence-corrected chi connectivity index (χ4v) is 2.32. The second-order valence-corrected chi connectivity index (χ2v) is 5.42. The van der Waals surface area contributed by atoms with Gasteiger partial charge in [0.1, 0.15) is 0 Å². The van der Waals surface area contributed by atoms with E-state index >= 15 is 0 Å². The van der Waals surface area contributed by atoms with Crippen molar-refractivity contribution in [3.63, 3.8) is 0 Å². The summed E-state index contributed by atoms with van der Waals surface area (Å²) in [6.07, 6.45) is 0.455. The minimum atomic E-state index is -0.650. The predicted molar refractivity (Wildman–Crippen MR) is 87.6 cm³/mol. The monoisotopic (exact) mass is 316 g/mol. The van der Waals surface area contributed by atoms with E-state index in [-0.39, 0.29) is 17.7 Å². The Morgan fingerprint density at radius 2 is 1.96 bits per heavy atom. The van der Waals surface area contributed by atoms with E-state index in [1.54, 1.807) is 13.0 Å². The number of benzene rings is 2. The van der Waals surface area contributed by atoms with Gasteiger partial charge in [-0.3, -0.25) is 4.79 Å². The SMILES string of the molecule is COc1ccc(C(C)NC(=O)[C@@H](N)Cc2ccccc2)cc1F. The molecule has 0 aliphatic heterocycles. The van der Waals surface area contributed by atoms with E-state index in [4.69, 9.17) is 10.5 Å². The number of hydrogen-bond acceptors (Lipinski definition) is 3. The standard InChI is InChI=1S/C18H21FN2O2/c1-12(14-8-9-17(23-2)15(19)11-14)21-18(22)16(20)10-13-6-4-3-5-7-13/h3-9,11-12,16H,10,20H2,1-2H3,(H,21,22)/t12?,16-/m0/s1. The molecular formula is C18H21FN2O2. The molecule has 2 atom stereocenters. The molecule has 23 heavy (non-hydrogen) atoms. The highest BCUT2D eigenvalue weighted by Gasteiger charge is 2.18. The summed E-state index contributed by atoms with van der Waals surface area (Å²) in [6, 6.07) is 13.2. The Bertz CT molecular complexity index is 661. The van der Waals surface area contributed by atoms with Gasteiger partial charge in [0.25, 0.3) is 0 Å². The molecule has 0 aliphatic rings. The zero-order valence-electron chi connectivity index (χ0n) is 13.3. The largest absolute Gasteiger partial charge is 0.494 e. The maximum atomic E-state index is 13.7. The lowest BCUT2D eigenvalue weighted by molar-refractivity contribution is -0.123. The first-order chi connectivity index (χ1) is 11.0. The lowest BCUT2D eigenvalue weighted by atomic mass is 10.0. The lowest BCUT2D eigenvalue weighted by Crippen LogP contribution is -2.42. The fraction of sp³-hybridized carbons (Fsp3) is 0.278. The highest BCUT2D eigenvalue weighted by Crippen LogP contribution is 2.21. The van der Waals surface area contributed by atoms with E-state index in [2.05, 4.69) is 5.32 Å². The summed E-state index contributed by atoms with van der Waals surface area (Å²) >= 11 is 0. The van der Waals surface area contributed by atoms with Gasteiger partial charge in [0.15, 0.2) is 11.6 Å². The van der Waals surface area contributed by atoms with Gasteiger partial charge in [0, 0.05) is 0 Å². The quantitative estimate of drug-likeness (QED) is 0.861. The molecule has 2 aromatic rings. The van der Waals surface area contributed by atoms with Crippen LogP contribution in [0.25, 0.3) is 0 Å². The van der Waals surface area contributed by atoms with Crippen molar-refractivity contribution in [1.82, 2.24) is 5.32 Å². The Balaban J connectivity index is 1.97. The van der Waals surface area contributed by atoms with Crippen molar-refractivity contribution in [2.75, 3.05) is 7.11 Å². The van der Waals surface area contributed by atoms with Crippen LogP contribution in [-0.4, -0.2) is 19.1 Å². The Kier molecular flexibility index (Phi) is 5.71. The van der Waals surface area contributed by atoms with Gasteiger partial charge in [-0.2, -0.15) is 0 Å². The van der Waals surface area contributed by atoms with Crippen LogP contribution in [-0.2, 0) is 11.2 Å². The Morgan fingerprint density at radius 3 is 2.57 bits per heavy atom. The molecule has 0 spiro atoms. The number of carbonyl (C=O) groups is 1. The molecule has 0 bridgehead atoms. The molecule has 0 saturated heterocycles. The lowest BCUT2D eigenvalue weighted by Gasteiger charge is -2.18. The molecule has 2 aromatic carbocycles. The molecular weight excluding hydrogens is 295 g/mol. The average molecular weight is 316 g/mol. The van der Waals surface area contributed by atoms with Gasteiger partial charge < -0.3 is 15.8 Å². The van der Waals surface area contributed by atoms with E-state index in [1.165, 1.54) is 19.2 Å². The fourth-order valence-electron chi connectivity index (χ4n) is 2.32. The Morgan fingerprint density at radius 1 is 1.26 bits per heavy atom. The molecule has 2 rings (SSSR count). The van der Waals surface area contributed by atoms with Crippen molar-refractivity contribution in [2.45, 2.75) is 25.4 Å². The van der Waals surface area contributed by atoms with Gasteiger partial charge in [0.2, 0.25) is 5.91 Å². The summed E-state index contributed by atoms with van der Waals surface area (Å²) in [6.45, 7) is 1.79. The van der Waals surface area contributed by atoms with Crippen molar-refractivity contribution in [3.05, 3.63) is 65.5 Å². The zero-order valence-corrected chi connectivity index (χ0v) is 13.3. The smallest absolute Gasteiger partial charge is 0.237 e. The van der Waals surface area contributed by atoms with Crippen LogP contribution >= 0.6 is 0 Å². The van der Waals surface area contributed by atoms with E-state index in [0.717, 1.165) is 5.56 Å². The first-order valence-corrected chi connectivity index (χ1v) is 7.44. The number of carbonyl (C=O) groups excluding carboxylic acids is 1. The van der Waals surface area contributed by atoms with Gasteiger partial charge >= 0.3 is 0 Å². The minimum absolute atomic E-state index is 0.174. The number of ether oxygens (including phenoxy) is 1. The summed E-state index contributed by atoms with van der Waals surface area (Å²) in [5, 5.41) is 2.81. The third-order valence-corrected chi connectivity index (χ3v) is 3.67. The topological polar surface area (TPSA) is 64.3 Å². The van der Waals surface area contributed by atoms with Crippen LogP contribution < -0.4 is 15.8 Å². The maximum Gasteiger partial charge on any atom is 0.237 e. The highest BCUT2D eigenvalue weighted by atomic mass is 19.1. The predicted octanol–water partition coefficient (Wildman–Crippen LogP) is 2.58. The second kappa shape index (κ2) is 7.74. The van der Waals surface area contributed by atoms with Gasteiger partial charge in [-0.1, -0.05) is 36.4 Å². The number of amides is 1. The molecule has 0 aliphatic carbocycles. The van der Waals surface area contributed by atoms with Gasteiger partial charge in [-0.05, 0) is 36.6 Å². The first kappa shape index (κ1) is 17.0. The highest BCUT2D eigenvalue weighted by molar-refractivity contribution is 5.82. The van der Waals surface area contributed by atoms with E-state index in [1.807, 2.05) is 30.3 Å². The molecule has 4 nitrogen and oxygen atoms in total. The van der Waals surface area contributed by atoms with Crippen LogP contribution in [0.2, 0.25) is 0 Å². The average Bonchev–Trinajstić information content (AvgIpc) is 2.55. The van der Waals surface area contributed by atoms with Crippen LogP contribution in [0.3, 0.4) is 0 Å². The van der Waals surface area contributed by atoms with E-state index in [9.17, 15) is 9.18 Å². The number of nitrogens with two attached hydrogens (primary N) is 1. The van der Waals surface area contributed by atoms with Crippen molar-refractivity contribution in [3.8, 4) is 5.75 Å². The summed E-state index contributed by atoms with van der Waals surface area (Å²) in [7, 11) is 1.41. The number of halogens is 1. The molecule has 3 N–H and O–H groups in total. The third-order valence-electron chi connectivity index (χ3n) is 3.67. The summed E-state index contributed by atoms with van der Waals surface area (Å²) in [4.78, 5) is 12.2. The summed E-state index contributed by atoms with van der Waals surface area (Å²) < 4.78 is 18.6. The summed E-state index contributed by atoms with van der Waals surface area (Å²) in [5.74, 6) is -0.551. The first-order valence-electron chi connectivity index (χ1n) is 7.44. The maximum absolute atomic E-state index is 13.7. The van der Waals surface area contributed by atoms with Gasteiger partial charge in [-0.15, -0.1) is 0 Å². The van der Waals surface area contributed by atoms with Crippen LogP contribution in [0.1, 0.15) is 24.1 Å². The van der Waals surface area contributed by atoms with Gasteiger partial charge in [-0.25, -0.2) is 4.39 Å². The van der Waals surface area contributed by atoms with Crippen LogP contribution in [0, 0.1) is 5.82 Å². The van der Waals surface area contributed by atoms with Crippen LogP contribution in [0.15, 0.2) is 48.5 Å². The molecule has 0 saturated carbocycles. The number of rotatable bonds is 6. The Labute approximate surface area is 135 Å². The molecule has 0 fully saturated rings. The molecule has 1 amide bonds. The van der Waals surface area contributed by atoms with Crippen molar-refractivity contribution in [1.29, 1.82) is 0 Å². The van der Waals surface area contributed by atoms with E-state index < -0.39 is 11.9 Å². The molecule has 1 unspecified atom stereocenters. The van der Waals surface area contributed by atoms with Crippen LogP contribution in [0.4, 0.5) is 4.39 Å². The number of hydrogen-bond donors (Lipinski definition) is 2. The minimum Gasteiger partial charge on any atom is -0.494 e. The molecule has 0 aromatic heterocycles.